The van der Waals surface area contributed by atoms with Crippen LogP contribution < -0.4 is 10.1 Å². The van der Waals surface area contributed by atoms with E-state index in [9.17, 15) is 4.79 Å². The monoisotopic (exact) mass is 398 g/mol. The highest BCUT2D eigenvalue weighted by Crippen LogP contribution is 2.24. The minimum Gasteiger partial charge on any atom is -0.496 e. The van der Waals surface area contributed by atoms with Crippen LogP contribution in [-0.2, 0) is 11.3 Å². The summed E-state index contributed by atoms with van der Waals surface area (Å²) in [6, 6.07) is 7.92. The molecule has 0 aliphatic carbocycles. The molecule has 1 aromatic carbocycles. The third-order valence-electron chi connectivity index (χ3n) is 4.74. The van der Waals surface area contributed by atoms with Crippen LogP contribution in [0.3, 0.4) is 0 Å². The first-order valence-electron chi connectivity index (χ1n) is 9.45. The molecule has 28 heavy (non-hydrogen) atoms. The SMILES string of the molecule is CCCCN1C(=O)/C(=C\c2ccc(OC)c(Cn3nc(C)cc3C)c2)NC1=S. The molecule has 0 saturated carbocycles. The summed E-state index contributed by atoms with van der Waals surface area (Å²) in [5, 5.41) is 8.04. The molecule has 0 unspecified atom stereocenters. The Morgan fingerprint density at radius 2 is 2.07 bits per heavy atom. The van der Waals surface area contributed by atoms with Crippen LogP contribution in [0.5, 0.6) is 5.75 Å². The number of unbranched alkanes of at least 4 members (excludes halogenated alkanes) is 1. The van der Waals surface area contributed by atoms with Gasteiger partial charge in [-0.25, -0.2) is 0 Å². The molecular formula is C21H26N4O2S. The number of ether oxygens (including phenoxy) is 1. The largest absolute Gasteiger partial charge is 0.496 e. The first kappa shape index (κ1) is 20.1. The second-order valence-electron chi connectivity index (χ2n) is 6.95. The van der Waals surface area contributed by atoms with Crippen LogP contribution in [0.15, 0.2) is 30.0 Å². The van der Waals surface area contributed by atoms with E-state index in [1.165, 1.54) is 0 Å². The van der Waals surface area contributed by atoms with E-state index in [0.29, 0.717) is 23.9 Å². The van der Waals surface area contributed by atoms with Crippen LogP contribution >= 0.6 is 12.2 Å². The predicted octanol–water partition coefficient (Wildman–Crippen LogP) is 3.41. The summed E-state index contributed by atoms with van der Waals surface area (Å²) >= 11 is 5.31. The van der Waals surface area contributed by atoms with Crippen LogP contribution in [0.4, 0.5) is 0 Å². The Labute approximate surface area is 171 Å². The van der Waals surface area contributed by atoms with Gasteiger partial charge in [-0.1, -0.05) is 19.4 Å². The number of benzene rings is 1. The fraction of sp³-hybridized carbons (Fsp3) is 0.381. The number of hydrogen-bond acceptors (Lipinski definition) is 4. The summed E-state index contributed by atoms with van der Waals surface area (Å²) in [7, 11) is 1.66. The van der Waals surface area contributed by atoms with E-state index < -0.39 is 0 Å². The van der Waals surface area contributed by atoms with Crippen LogP contribution in [-0.4, -0.2) is 39.4 Å². The number of thiocarbonyl (C=S) groups is 1. The van der Waals surface area contributed by atoms with Gasteiger partial charge in [-0.2, -0.15) is 5.10 Å². The zero-order chi connectivity index (χ0) is 20.3. The topological polar surface area (TPSA) is 59.4 Å². The van der Waals surface area contributed by atoms with E-state index in [4.69, 9.17) is 17.0 Å². The maximum absolute atomic E-state index is 12.6. The van der Waals surface area contributed by atoms with Gasteiger partial charge in [-0.15, -0.1) is 0 Å². The molecule has 1 N–H and O–H groups in total. The third-order valence-corrected chi connectivity index (χ3v) is 5.06. The lowest BCUT2D eigenvalue weighted by Gasteiger charge is -2.12. The van der Waals surface area contributed by atoms with Gasteiger partial charge in [-0.05, 0) is 62.3 Å². The van der Waals surface area contributed by atoms with Crippen molar-refractivity contribution in [3.8, 4) is 5.75 Å². The van der Waals surface area contributed by atoms with E-state index in [1.54, 1.807) is 12.0 Å². The Morgan fingerprint density at radius 3 is 2.71 bits per heavy atom. The summed E-state index contributed by atoms with van der Waals surface area (Å²) in [5.74, 6) is 0.717. The summed E-state index contributed by atoms with van der Waals surface area (Å²) in [5.41, 5.74) is 4.49. The van der Waals surface area contributed by atoms with Crippen LogP contribution in [0.1, 0.15) is 42.3 Å². The van der Waals surface area contributed by atoms with Gasteiger partial charge >= 0.3 is 0 Å². The number of amides is 1. The minimum atomic E-state index is -0.0747. The van der Waals surface area contributed by atoms with Gasteiger partial charge in [0.15, 0.2) is 5.11 Å². The highest BCUT2D eigenvalue weighted by molar-refractivity contribution is 7.80. The molecule has 1 saturated heterocycles. The van der Waals surface area contributed by atoms with Crippen LogP contribution in [0, 0.1) is 13.8 Å². The molecule has 3 rings (SSSR count). The normalized spacial score (nSPS) is 15.4. The van der Waals surface area contributed by atoms with Crippen molar-refractivity contribution in [1.29, 1.82) is 0 Å². The summed E-state index contributed by atoms with van der Waals surface area (Å²) in [6.07, 6.45) is 3.78. The maximum Gasteiger partial charge on any atom is 0.276 e. The molecule has 0 radical (unpaired) electrons. The van der Waals surface area contributed by atoms with Gasteiger partial charge in [0, 0.05) is 17.8 Å². The molecule has 2 heterocycles. The Kier molecular flexibility index (Phi) is 6.14. The number of nitrogens with zero attached hydrogens (tertiary/aromatic N) is 3. The first-order valence-corrected chi connectivity index (χ1v) is 9.86. The van der Waals surface area contributed by atoms with E-state index in [1.807, 2.05) is 48.9 Å². The number of carbonyl (C=O) groups is 1. The van der Waals surface area contributed by atoms with Crippen LogP contribution in [0.2, 0.25) is 0 Å². The molecule has 1 amide bonds. The first-order chi connectivity index (χ1) is 13.4. The molecule has 1 fully saturated rings. The van der Waals surface area contributed by atoms with Crippen molar-refractivity contribution in [1.82, 2.24) is 20.0 Å². The molecule has 7 heteroatoms. The number of hydrogen-bond donors (Lipinski definition) is 1. The Balaban J connectivity index is 1.87. The Bertz CT molecular complexity index is 932. The van der Waals surface area contributed by atoms with Gasteiger partial charge < -0.3 is 10.1 Å². The molecule has 1 aliphatic rings. The zero-order valence-electron chi connectivity index (χ0n) is 16.8. The number of rotatable bonds is 7. The average Bonchev–Trinajstić information content (AvgIpc) is 3.11. The fourth-order valence-electron chi connectivity index (χ4n) is 3.27. The number of nitrogens with one attached hydrogen (secondary N) is 1. The van der Waals surface area contributed by atoms with Crippen molar-refractivity contribution >= 4 is 29.3 Å². The van der Waals surface area contributed by atoms with Gasteiger partial charge in [0.05, 0.1) is 19.3 Å². The summed E-state index contributed by atoms with van der Waals surface area (Å²) < 4.78 is 7.46. The minimum absolute atomic E-state index is 0.0747. The second-order valence-corrected chi connectivity index (χ2v) is 7.34. The lowest BCUT2D eigenvalue weighted by Crippen LogP contribution is -2.31. The van der Waals surface area contributed by atoms with E-state index in [-0.39, 0.29) is 5.91 Å². The Morgan fingerprint density at radius 1 is 1.29 bits per heavy atom. The van der Waals surface area contributed by atoms with Crippen molar-refractivity contribution in [2.24, 2.45) is 0 Å². The molecule has 0 bridgehead atoms. The second kappa shape index (κ2) is 8.56. The van der Waals surface area contributed by atoms with Gasteiger partial charge in [0.2, 0.25) is 0 Å². The van der Waals surface area contributed by atoms with Crippen molar-refractivity contribution in [3.05, 3.63) is 52.5 Å². The van der Waals surface area contributed by atoms with E-state index >= 15 is 0 Å². The smallest absolute Gasteiger partial charge is 0.276 e. The van der Waals surface area contributed by atoms with E-state index in [0.717, 1.165) is 41.1 Å². The highest BCUT2D eigenvalue weighted by atomic mass is 32.1. The third kappa shape index (κ3) is 4.25. The molecule has 148 valence electrons. The van der Waals surface area contributed by atoms with Crippen molar-refractivity contribution in [3.63, 3.8) is 0 Å². The summed E-state index contributed by atoms with van der Waals surface area (Å²) in [4.78, 5) is 14.3. The molecule has 0 spiro atoms. The molecule has 2 aromatic rings. The molecule has 0 atom stereocenters. The molecule has 6 nitrogen and oxygen atoms in total. The lowest BCUT2D eigenvalue weighted by molar-refractivity contribution is -0.122. The number of aryl methyl sites for hydroxylation is 2. The molecule has 1 aromatic heterocycles. The number of aromatic nitrogens is 2. The standard InChI is InChI=1S/C21H26N4O2S/c1-5-6-9-24-20(26)18(22-21(24)28)12-16-7-8-19(27-4)17(11-16)13-25-15(3)10-14(2)23-25/h7-8,10-12H,5-6,9,13H2,1-4H3,(H,22,28)/b18-12+. The summed E-state index contributed by atoms with van der Waals surface area (Å²) in [6.45, 7) is 7.35. The van der Waals surface area contributed by atoms with E-state index in [2.05, 4.69) is 17.3 Å². The van der Waals surface area contributed by atoms with Crippen molar-refractivity contribution in [2.75, 3.05) is 13.7 Å². The average molecular weight is 399 g/mol. The molecule has 1 aliphatic heterocycles. The zero-order valence-corrected chi connectivity index (χ0v) is 17.6. The van der Waals surface area contributed by atoms with Crippen molar-refractivity contribution in [2.45, 2.75) is 40.2 Å². The van der Waals surface area contributed by atoms with Crippen LogP contribution in [0.25, 0.3) is 6.08 Å². The lowest BCUT2D eigenvalue weighted by atomic mass is 10.1. The fourth-order valence-corrected chi connectivity index (χ4v) is 3.55. The number of methoxy groups -OCH3 is 1. The quantitative estimate of drug-likeness (QED) is 0.572. The molecular weight excluding hydrogens is 372 g/mol. The Hall–Kier alpha value is -2.67. The maximum atomic E-state index is 12.6. The number of carbonyl (C=O) groups excluding carboxylic acids is 1. The van der Waals surface area contributed by atoms with Crippen molar-refractivity contribution < 1.29 is 9.53 Å². The van der Waals surface area contributed by atoms with Gasteiger partial charge in [-0.3, -0.25) is 14.4 Å². The predicted molar refractivity (Wildman–Crippen MR) is 114 cm³/mol. The van der Waals surface area contributed by atoms with Gasteiger partial charge in [0.1, 0.15) is 11.4 Å². The van der Waals surface area contributed by atoms with Gasteiger partial charge in [0.25, 0.3) is 5.91 Å². The highest BCUT2D eigenvalue weighted by Gasteiger charge is 2.29.